The molecule has 1 aromatic carbocycles. The lowest BCUT2D eigenvalue weighted by Crippen LogP contribution is -2.45. The Morgan fingerprint density at radius 3 is 2.58 bits per heavy atom. The third-order valence-corrected chi connectivity index (χ3v) is 4.48. The average molecular weight is 365 g/mol. The van der Waals surface area contributed by atoms with E-state index in [9.17, 15) is 4.79 Å². The minimum atomic E-state index is -0.267. The number of hydrogen-bond acceptors (Lipinski definition) is 4. The number of aromatic nitrogens is 1. The van der Waals surface area contributed by atoms with E-state index >= 15 is 0 Å². The molecule has 1 fully saturated rings. The number of rotatable bonds is 3. The van der Waals surface area contributed by atoms with Crippen molar-refractivity contribution in [1.82, 2.24) is 9.88 Å². The molecule has 2 aromatic rings. The van der Waals surface area contributed by atoms with Gasteiger partial charge < -0.3 is 15.1 Å². The van der Waals surface area contributed by atoms with Gasteiger partial charge in [-0.15, -0.1) is 0 Å². The van der Waals surface area contributed by atoms with Crippen molar-refractivity contribution in [2.75, 3.05) is 43.4 Å². The first-order valence-corrected chi connectivity index (χ1v) is 8.44. The molecule has 7 heteroatoms. The van der Waals surface area contributed by atoms with Gasteiger partial charge in [0.25, 0.3) is 5.91 Å². The van der Waals surface area contributed by atoms with E-state index in [-0.39, 0.29) is 5.91 Å². The summed E-state index contributed by atoms with van der Waals surface area (Å²) < 4.78 is 0. The van der Waals surface area contributed by atoms with Gasteiger partial charge in [0, 0.05) is 43.1 Å². The second-order valence-corrected chi connectivity index (χ2v) is 6.63. The lowest BCUT2D eigenvalue weighted by atomic mass is 10.2. The number of anilines is 2. The molecular formula is C17H18Cl2N4O. The summed E-state index contributed by atoms with van der Waals surface area (Å²) >= 11 is 12.3. The summed E-state index contributed by atoms with van der Waals surface area (Å²) in [5.41, 5.74) is 1.05. The van der Waals surface area contributed by atoms with E-state index in [0.29, 0.717) is 21.3 Å². The maximum absolute atomic E-state index is 12.3. The van der Waals surface area contributed by atoms with Crippen molar-refractivity contribution in [3.05, 3.63) is 52.1 Å². The smallest absolute Gasteiger partial charge is 0.257 e. The molecule has 1 saturated heterocycles. The maximum Gasteiger partial charge on any atom is 0.257 e. The molecule has 0 unspecified atom stereocenters. The number of piperazine rings is 1. The van der Waals surface area contributed by atoms with Crippen LogP contribution in [0.5, 0.6) is 0 Å². The van der Waals surface area contributed by atoms with Gasteiger partial charge in [-0.2, -0.15) is 0 Å². The summed E-state index contributed by atoms with van der Waals surface area (Å²) in [5.74, 6) is 0.459. The Hall–Kier alpha value is -1.82. The van der Waals surface area contributed by atoms with Gasteiger partial charge in [0.2, 0.25) is 0 Å². The van der Waals surface area contributed by atoms with Crippen molar-refractivity contribution in [2.24, 2.45) is 0 Å². The molecule has 1 aromatic heterocycles. The van der Waals surface area contributed by atoms with Gasteiger partial charge in [-0.25, -0.2) is 4.98 Å². The lowest BCUT2D eigenvalue weighted by Gasteiger charge is -2.33. The standard InChI is InChI=1S/C17H18Cl2N4O/c1-22-5-7-23(8-6-22)16-15(19)9-12(11-20-16)17(24)21-14-4-2-3-13(18)10-14/h2-4,9-11H,5-8H2,1H3,(H,21,24). The van der Waals surface area contributed by atoms with Crippen molar-refractivity contribution in [3.8, 4) is 0 Å². The highest BCUT2D eigenvalue weighted by Gasteiger charge is 2.19. The van der Waals surface area contributed by atoms with Crippen LogP contribution in [0.15, 0.2) is 36.5 Å². The number of pyridine rings is 1. The van der Waals surface area contributed by atoms with Gasteiger partial charge in [-0.3, -0.25) is 4.79 Å². The predicted octanol–water partition coefficient (Wildman–Crippen LogP) is 3.39. The fraction of sp³-hybridized carbons (Fsp3) is 0.294. The second-order valence-electron chi connectivity index (χ2n) is 5.78. The molecule has 0 radical (unpaired) electrons. The van der Waals surface area contributed by atoms with Gasteiger partial charge in [0.1, 0.15) is 5.82 Å². The molecule has 3 rings (SSSR count). The summed E-state index contributed by atoms with van der Waals surface area (Å²) in [5, 5.41) is 3.84. The van der Waals surface area contributed by atoms with Crippen molar-refractivity contribution < 1.29 is 4.79 Å². The third kappa shape index (κ3) is 3.98. The van der Waals surface area contributed by atoms with Crippen LogP contribution in [0, 0.1) is 0 Å². The Labute approximate surface area is 151 Å². The highest BCUT2D eigenvalue weighted by molar-refractivity contribution is 6.33. The normalized spacial score (nSPS) is 15.4. The predicted molar refractivity (Wildman–Crippen MR) is 98.4 cm³/mol. The van der Waals surface area contributed by atoms with Crippen LogP contribution < -0.4 is 10.2 Å². The molecule has 0 bridgehead atoms. The number of benzene rings is 1. The minimum Gasteiger partial charge on any atom is -0.353 e. The van der Waals surface area contributed by atoms with E-state index in [4.69, 9.17) is 23.2 Å². The zero-order valence-corrected chi connectivity index (χ0v) is 14.8. The van der Waals surface area contributed by atoms with Gasteiger partial charge in [-0.1, -0.05) is 29.3 Å². The quantitative estimate of drug-likeness (QED) is 0.906. The molecule has 24 heavy (non-hydrogen) atoms. The van der Waals surface area contributed by atoms with Crippen LogP contribution in [0.25, 0.3) is 0 Å². The number of carbonyl (C=O) groups excluding carboxylic acids is 1. The van der Waals surface area contributed by atoms with E-state index in [0.717, 1.165) is 32.0 Å². The topological polar surface area (TPSA) is 48.5 Å². The van der Waals surface area contributed by atoms with Crippen molar-refractivity contribution in [3.63, 3.8) is 0 Å². The van der Waals surface area contributed by atoms with E-state index in [1.165, 1.54) is 0 Å². The summed E-state index contributed by atoms with van der Waals surface area (Å²) in [6.07, 6.45) is 1.55. The number of nitrogens with one attached hydrogen (secondary N) is 1. The summed E-state index contributed by atoms with van der Waals surface area (Å²) in [6.45, 7) is 3.68. The zero-order valence-electron chi connectivity index (χ0n) is 13.3. The average Bonchev–Trinajstić information content (AvgIpc) is 2.56. The van der Waals surface area contributed by atoms with Crippen molar-refractivity contribution in [2.45, 2.75) is 0 Å². The largest absolute Gasteiger partial charge is 0.353 e. The Kier molecular flexibility index (Phi) is 5.23. The Morgan fingerprint density at radius 2 is 1.92 bits per heavy atom. The Morgan fingerprint density at radius 1 is 1.17 bits per heavy atom. The molecular weight excluding hydrogens is 347 g/mol. The van der Waals surface area contributed by atoms with Gasteiger partial charge in [0.05, 0.1) is 10.6 Å². The number of carbonyl (C=O) groups is 1. The first-order valence-electron chi connectivity index (χ1n) is 7.69. The summed E-state index contributed by atoms with van der Waals surface area (Å²) in [4.78, 5) is 21.1. The molecule has 1 amide bonds. The van der Waals surface area contributed by atoms with Crippen LogP contribution in [0.2, 0.25) is 10.0 Å². The molecule has 2 heterocycles. The molecule has 5 nitrogen and oxygen atoms in total. The Balaban J connectivity index is 1.73. The summed E-state index contributed by atoms with van der Waals surface area (Å²) in [7, 11) is 2.09. The van der Waals surface area contributed by atoms with E-state index < -0.39 is 0 Å². The molecule has 126 valence electrons. The fourth-order valence-corrected chi connectivity index (χ4v) is 3.05. The van der Waals surface area contributed by atoms with Crippen LogP contribution >= 0.6 is 23.2 Å². The molecule has 1 aliphatic rings. The van der Waals surface area contributed by atoms with E-state index in [1.54, 1.807) is 36.5 Å². The van der Waals surface area contributed by atoms with Crippen molar-refractivity contribution in [1.29, 1.82) is 0 Å². The Bertz CT molecular complexity index is 745. The molecule has 1 N–H and O–H groups in total. The molecule has 0 saturated carbocycles. The second kappa shape index (κ2) is 7.38. The van der Waals surface area contributed by atoms with Gasteiger partial charge >= 0.3 is 0 Å². The van der Waals surface area contributed by atoms with Crippen LogP contribution in [-0.2, 0) is 0 Å². The number of likely N-dealkylation sites (N-methyl/N-ethyl adjacent to an activating group) is 1. The number of amides is 1. The number of hydrogen-bond donors (Lipinski definition) is 1. The van der Waals surface area contributed by atoms with E-state index in [2.05, 4.69) is 27.1 Å². The van der Waals surface area contributed by atoms with Gasteiger partial charge in [0.15, 0.2) is 0 Å². The zero-order chi connectivity index (χ0) is 17.1. The van der Waals surface area contributed by atoms with Crippen LogP contribution in [0.1, 0.15) is 10.4 Å². The maximum atomic E-state index is 12.3. The summed E-state index contributed by atoms with van der Waals surface area (Å²) in [6, 6.07) is 8.65. The highest BCUT2D eigenvalue weighted by Crippen LogP contribution is 2.25. The number of nitrogens with zero attached hydrogens (tertiary/aromatic N) is 3. The highest BCUT2D eigenvalue weighted by atomic mass is 35.5. The first kappa shape index (κ1) is 17.0. The van der Waals surface area contributed by atoms with Crippen molar-refractivity contribution >= 4 is 40.6 Å². The molecule has 1 aliphatic heterocycles. The minimum absolute atomic E-state index is 0.267. The van der Waals surface area contributed by atoms with Crippen LogP contribution in [0.4, 0.5) is 11.5 Å². The molecule has 0 aliphatic carbocycles. The monoisotopic (exact) mass is 364 g/mol. The SMILES string of the molecule is CN1CCN(c2ncc(C(=O)Nc3cccc(Cl)c3)cc2Cl)CC1. The molecule has 0 atom stereocenters. The van der Waals surface area contributed by atoms with Crippen LogP contribution in [0.3, 0.4) is 0 Å². The van der Waals surface area contributed by atoms with Gasteiger partial charge in [-0.05, 0) is 31.3 Å². The third-order valence-electron chi connectivity index (χ3n) is 3.97. The van der Waals surface area contributed by atoms with Crippen LogP contribution in [-0.4, -0.2) is 49.0 Å². The number of halogens is 2. The van der Waals surface area contributed by atoms with E-state index in [1.807, 2.05) is 0 Å². The lowest BCUT2D eigenvalue weighted by molar-refractivity contribution is 0.102. The fourth-order valence-electron chi connectivity index (χ4n) is 2.58. The first-order chi connectivity index (χ1) is 11.5. The molecule has 0 spiro atoms.